The average molecular weight is 318 g/mol. The molecule has 0 saturated heterocycles. The molecule has 0 atom stereocenters. The molecule has 0 aromatic rings. The molecule has 0 amide bonds. The predicted octanol–water partition coefficient (Wildman–Crippen LogP) is 7.43. The van der Waals surface area contributed by atoms with E-state index in [9.17, 15) is 0 Å². The highest BCUT2D eigenvalue weighted by Gasteiger charge is 1.97. The molecule has 20 heavy (non-hydrogen) atoms. The summed E-state index contributed by atoms with van der Waals surface area (Å²) in [6, 6.07) is 0. The molecule has 0 spiro atoms. The largest absolute Gasteiger partial charge is 0.0809 e. The highest BCUT2D eigenvalue weighted by molar-refractivity contribution is 8.05. The maximum atomic E-state index is 5.64. The van der Waals surface area contributed by atoms with Crippen LogP contribution in [0, 0.1) is 0 Å². The van der Waals surface area contributed by atoms with E-state index in [1.807, 2.05) is 0 Å². The Kier molecular flexibility index (Phi) is 18.0. The van der Waals surface area contributed by atoms with Gasteiger partial charge in [-0.2, -0.15) is 0 Å². The minimum absolute atomic E-state index is 0.0524. The predicted molar refractivity (Wildman–Crippen MR) is 100 cm³/mol. The van der Waals surface area contributed by atoms with E-state index >= 15 is 0 Å². The highest BCUT2D eigenvalue weighted by Crippen LogP contribution is 2.25. The topological polar surface area (TPSA) is 0 Å². The third kappa shape index (κ3) is 16.6. The summed E-state index contributed by atoms with van der Waals surface area (Å²) in [5, 5.41) is 0. The van der Waals surface area contributed by atoms with E-state index in [4.69, 9.17) is 11.8 Å². The SMILES string of the molecule is CCCCCCCCC[P](=S)CCCCCCCCC. The summed E-state index contributed by atoms with van der Waals surface area (Å²) in [4.78, 5) is 0. The van der Waals surface area contributed by atoms with Crippen molar-refractivity contribution >= 4 is 18.5 Å². The van der Waals surface area contributed by atoms with Gasteiger partial charge in [0.1, 0.15) is 0 Å². The van der Waals surface area contributed by atoms with Gasteiger partial charge in [0.05, 0.1) is 0 Å². The molecule has 0 aliphatic heterocycles. The van der Waals surface area contributed by atoms with Gasteiger partial charge in [-0.05, 0) is 25.2 Å². The van der Waals surface area contributed by atoms with E-state index in [0.29, 0.717) is 0 Å². The summed E-state index contributed by atoms with van der Waals surface area (Å²) < 4.78 is 0. The first-order valence-corrected chi connectivity index (χ1v) is 12.0. The zero-order chi connectivity index (χ0) is 14.9. The highest BCUT2D eigenvalue weighted by atomic mass is 32.4. The lowest BCUT2D eigenvalue weighted by Gasteiger charge is -2.05. The fourth-order valence-electron chi connectivity index (χ4n) is 2.60. The summed E-state index contributed by atoms with van der Waals surface area (Å²) in [6.07, 6.45) is 22.6. The molecule has 0 rings (SSSR count). The van der Waals surface area contributed by atoms with Crippen molar-refractivity contribution in [2.45, 2.75) is 104 Å². The molecular weight excluding hydrogens is 279 g/mol. The summed E-state index contributed by atoms with van der Waals surface area (Å²) in [6.45, 7) is 4.52. The molecule has 0 aromatic heterocycles. The zero-order valence-electron chi connectivity index (χ0n) is 14.2. The van der Waals surface area contributed by atoms with E-state index in [2.05, 4.69) is 13.8 Å². The van der Waals surface area contributed by atoms with Crippen LogP contribution in [0.5, 0.6) is 0 Å². The first-order chi connectivity index (χ1) is 9.81. The monoisotopic (exact) mass is 317 g/mol. The first kappa shape index (κ1) is 20.5. The van der Waals surface area contributed by atoms with Crippen molar-refractivity contribution in [1.29, 1.82) is 0 Å². The van der Waals surface area contributed by atoms with Crippen molar-refractivity contribution in [1.82, 2.24) is 0 Å². The molecule has 0 aromatic carbocycles. The van der Waals surface area contributed by atoms with Gasteiger partial charge in [0.15, 0.2) is 0 Å². The lowest BCUT2D eigenvalue weighted by molar-refractivity contribution is 0.600. The van der Waals surface area contributed by atoms with Crippen LogP contribution in [0.25, 0.3) is 0 Å². The van der Waals surface area contributed by atoms with E-state index in [-0.39, 0.29) is 6.70 Å². The molecule has 2 heteroatoms. The Bertz CT molecular complexity index is 184. The van der Waals surface area contributed by atoms with Gasteiger partial charge in [0, 0.05) is 0 Å². The summed E-state index contributed by atoms with van der Waals surface area (Å²) in [5.74, 6) is 0. The number of hydrogen-bond donors (Lipinski definition) is 0. The molecule has 0 fully saturated rings. The van der Waals surface area contributed by atoms with E-state index in [0.717, 1.165) is 0 Å². The lowest BCUT2D eigenvalue weighted by atomic mass is 10.1. The second-order valence-electron chi connectivity index (χ2n) is 6.17. The number of unbranched alkanes of at least 4 members (excludes halogenated alkanes) is 12. The van der Waals surface area contributed by atoms with Crippen molar-refractivity contribution < 1.29 is 0 Å². The molecule has 0 aliphatic carbocycles. The molecule has 0 N–H and O–H groups in total. The molecule has 0 saturated carbocycles. The third-order valence-electron chi connectivity index (χ3n) is 4.02. The van der Waals surface area contributed by atoms with Crippen LogP contribution in [-0.2, 0) is 11.8 Å². The number of rotatable bonds is 16. The van der Waals surface area contributed by atoms with Gasteiger partial charge in [-0.15, -0.1) is 0 Å². The first-order valence-electron chi connectivity index (χ1n) is 9.23. The van der Waals surface area contributed by atoms with Gasteiger partial charge in [0.25, 0.3) is 0 Å². The number of hydrogen-bond acceptors (Lipinski definition) is 1. The zero-order valence-corrected chi connectivity index (χ0v) is 15.9. The van der Waals surface area contributed by atoms with Crippen LogP contribution in [0.1, 0.15) is 104 Å². The molecule has 0 unspecified atom stereocenters. The van der Waals surface area contributed by atoms with Gasteiger partial charge >= 0.3 is 0 Å². The van der Waals surface area contributed by atoms with Crippen molar-refractivity contribution in [2.24, 2.45) is 0 Å². The Morgan fingerprint density at radius 1 is 0.500 bits per heavy atom. The van der Waals surface area contributed by atoms with Crippen LogP contribution in [0.15, 0.2) is 0 Å². The van der Waals surface area contributed by atoms with Gasteiger partial charge in [-0.25, -0.2) is 0 Å². The van der Waals surface area contributed by atoms with Crippen LogP contribution in [0.2, 0.25) is 0 Å². The molecular formula is C18H38PS. The summed E-state index contributed by atoms with van der Waals surface area (Å²) in [5.41, 5.74) is 0. The van der Waals surface area contributed by atoms with Crippen molar-refractivity contribution in [3.8, 4) is 0 Å². The Morgan fingerprint density at radius 3 is 1.15 bits per heavy atom. The maximum Gasteiger partial charge on any atom is -0.00805 e. The van der Waals surface area contributed by atoms with Gasteiger partial charge in [0.2, 0.25) is 0 Å². The molecule has 0 aliphatic rings. The fourth-order valence-corrected chi connectivity index (χ4v) is 4.75. The third-order valence-corrected chi connectivity index (χ3v) is 6.75. The smallest absolute Gasteiger partial charge is 0.00805 e. The quantitative estimate of drug-likeness (QED) is 0.211. The molecule has 0 nitrogen and oxygen atoms in total. The summed E-state index contributed by atoms with van der Waals surface area (Å²) in [7, 11) is 0. The minimum atomic E-state index is -0.0524. The minimum Gasteiger partial charge on any atom is -0.0809 e. The fraction of sp³-hybridized carbons (Fsp3) is 1.00. The molecule has 121 valence electrons. The van der Waals surface area contributed by atoms with Crippen LogP contribution >= 0.6 is 6.70 Å². The molecule has 0 bridgehead atoms. The second kappa shape index (κ2) is 17.6. The normalized spacial score (nSPS) is 10.9. The summed E-state index contributed by atoms with van der Waals surface area (Å²) >= 11 is 5.64. The Balaban J connectivity index is 3.13. The van der Waals surface area contributed by atoms with Crippen molar-refractivity contribution in [3.05, 3.63) is 0 Å². The van der Waals surface area contributed by atoms with Crippen LogP contribution in [0.4, 0.5) is 0 Å². The molecule has 1 radical (unpaired) electrons. The van der Waals surface area contributed by atoms with Gasteiger partial charge < -0.3 is 0 Å². The van der Waals surface area contributed by atoms with Gasteiger partial charge in [-0.3, -0.25) is 0 Å². The van der Waals surface area contributed by atoms with E-state index in [1.54, 1.807) is 0 Å². The van der Waals surface area contributed by atoms with Crippen LogP contribution in [0.3, 0.4) is 0 Å². The Labute approximate surface area is 134 Å². The average Bonchev–Trinajstić information content (AvgIpc) is 2.45. The van der Waals surface area contributed by atoms with Crippen LogP contribution in [-0.4, -0.2) is 12.3 Å². The standard InChI is InChI=1S/C18H38PS/c1-3-5-7-9-11-13-15-17-19(20)18-16-14-12-10-8-6-4-2/h3-18H2,1-2H3. The van der Waals surface area contributed by atoms with E-state index < -0.39 is 0 Å². The van der Waals surface area contributed by atoms with Crippen molar-refractivity contribution in [2.75, 3.05) is 12.3 Å². The van der Waals surface area contributed by atoms with Crippen LogP contribution < -0.4 is 0 Å². The maximum absolute atomic E-state index is 5.64. The Morgan fingerprint density at radius 2 is 0.800 bits per heavy atom. The molecule has 0 heterocycles. The Hall–Kier alpha value is 0.520. The van der Waals surface area contributed by atoms with Crippen molar-refractivity contribution in [3.63, 3.8) is 0 Å². The lowest BCUT2D eigenvalue weighted by Crippen LogP contribution is -1.87. The van der Waals surface area contributed by atoms with Gasteiger partial charge in [-0.1, -0.05) is 109 Å². The second-order valence-corrected chi connectivity index (χ2v) is 9.58. The van der Waals surface area contributed by atoms with E-state index in [1.165, 1.54) is 102 Å².